The molecule has 5 heteroatoms. The van der Waals surface area contributed by atoms with Crippen molar-refractivity contribution in [2.75, 3.05) is 6.54 Å². The van der Waals surface area contributed by atoms with Gasteiger partial charge in [0.25, 0.3) is 0 Å². The molecular formula is C16H19N3O2. The number of carbonyl (C=O) groups excluding carboxylic acids is 1. The van der Waals surface area contributed by atoms with Crippen molar-refractivity contribution in [3.05, 3.63) is 54.4 Å². The van der Waals surface area contributed by atoms with Gasteiger partial charge in [0, 0.05) is 24.4 Å². The van der Waals surface area contributed by atoms with Crippen LogP contribution in [0.3, 0.4) is 0 Å². The highest BCUT2D eigenvalue weighted by Crippen LogP contribution is 2.08. The first kappa shape index (κ1) is 15.0. The second-order valence-corrected chi connectivity index (χ2v) is 4.82. The van der Waals surface area contributed by atoms with Crippen LogP contribution in [0.15, 0.2) is 48.8 Å². The minimum Gasteiger partial charge on any atom is -0.393 e. The molecule has 1 heterocycles. The Labute approximate surface area is 123 Å². The lowest BCUT2D eigenvalue weighted by Crippen LogP contribution is -2.24. The molecule has 5 nitrogen and oxygen atoms in total. The lowest BCUT2D eigenvalue weighted by atomic mass is 10.3. The van der Waals surface area contributed by atoms with Gasteiger partial charge >= 0.3 is 0 Å². The molecule has 1 aromatic heterocycles. The summed E-state index contributed by atoms with van der Waals surface area (Å²) in [7, 11) is 0. The normalized spacial score (nSPS) is 12.5. The number of hydrogen-bond acceptors (Lipinski definition) is 3. The summed E-state index contributed by atoms with van der Waals surface area (Å²) in [6, 6.07) is 9.77. The number of aliphatic hydroxyl groups excluding tert-OH is 1. The van der Waals surface area contributed by atoms with Gasteiger partial charge in [0.05, 0.1) is 18.0 Å². The predicted molar refractivity (Wildman–Crippen MR) is 81.9 cm³/mol. The topological polar surface area (TPSA) is 67.2 Å². The first-order valence-corrected chi connectivity index (χ1v) is 6.89. The van der Waals surface area contributed by atoms with E-state index in [1.165, 1.54) is 6.08 Å². The molecule has 110 valence electrons. The third-order valence-corrected chi connectivity index (χ3v) is 2.91. The Kier molecular flexibility index (Phi) is 5.29. The number of nitrogens with one attached hydrogen (secondary N) is 1. The van der Waals surface area contributed by atoms with E-state index in [2.05, 4.69) is 10.4 Å². The molecule has 0 aliphatic carbocycles. The van der Waals surface area contributed by atoms with Gasteiger partial charge in [0.2, 0.25) is 5.91 Å². The van der Waals surface area contributed by atoms with Gasteiger partial charge < -0.3 is 10.4 Å². The number of hydrogen-bond donors (Lipinski definition) is 2. The van der Waals surface area contributed by atoms with Crippen molar-refractivity contribution >= 4 is 12.0 Å². The van der Waals surface area contributed by atoms with Crippen LogP contribution in [-0.4, -0.2) is 33.4 Å². The van der Waals surface area contributed by atoms with Gasteiger partial charge in [-0.25, -0.2) is 4.68 Å². The van der Waals surface area contributed by atoms with Crippen molar-refractivity contribution in [3.63, 3.8) is 0 Å². The molecule has 1 unspecified atom stereocenters. The molecule has 0 aliphatic rings. The minimum atomic E-state index is -0.404. The van der Waals surface area contributed by atoms with Crippen molar-refractivity contribution < 1.29 is 9.90 Å². The van der Waals surface area contributed by atoms with E-state index >= 15 is 0 Å². The van der Waals surface area contributed by atoms with Crippen LogP contribution in [0.1, 0.15) is 18.9 Å². The Balaban J connectivity index is 1.90. The minimum absolute atomic E-state index is 0.178. The highest BCUT2D eigenvalue weighted by atomic mass is 16.3. The maximum absolute atomic E-state index is 11.6. The number of para-hydroxylation sites is 1. The molecule has 1 amide bonds. The van der Waals surface area contributed by atoms with Crippen LogP contribution in [0, 0.1) is 0 Å². The molecular weight excluding hydrogens is 266 g/mol. The van der Waals surface area contributed by atoms with Crippen molar-refractivity contribution in [2.24, 2.45) is 0 Å². The summed E-state index contributed by atoms with van der Waals surface area (Å²) < 4.78 is 1.75. The van der Waals surface area contributed by atoms with Gasteiger partial charge in [-0.1, -0.05) is 18.2 Å². The van der Waals surface area contributed by atoms with Crippen LogP contribution in [0.4, 0.5) is 0 Å². The van der Waals surface area contributed by atoms with E-state index in [-0.39, 0.29) is 5.91 Å². The molecule has 0 fully saturated rings. The predicted octanol–water partition coefficient (Wildman–Crippen LogP) is 1.77. The van der Waals surface area contributed by atoms with E-state index in [0.717, 1.165) is 11.3 Å². The van der Waals surface area contributed by atoms with Crippen molar-refractivity contribution in [1.82, 2.24) is 15.1 Å². The van der Waals surface area contributed by atoms with Crippen LogP contribution in [0.2, 0.25) is 0 Å². The number of rotatable bonds is 6. The standard InChI is InChI=1S/C16H19N3O2/c1-13(20)9-10-17-16(21)8-7-14-11-18-19(12-14)15-5-3-2-4-6-15/h2-8,11-13,20H,9-10H2,1H3,(H,17,21). The van der Waals surface area contributed by atoms with E-state index < -0.39 is 6.10 Å². The second-order valence-electron chi connectivity index (χ2n) is 4.82. The molecule has 0 bridgehead atoms. The molecule has 0 saturated carbocycles. The first-order chi connectivity index (χ1) is 10.1. The van der Waals surface area contributed by atoms with Gasteiger partial charge in [-0.2, -0.15) is 5.10 Å². The van der Waals surface area contributed by atoms with Crippen LogP contribution < -0.4 is 5.32 Å². The molecule has 0 radical (unpaired) electrons. The van der Waals surface area contributed by atoms with Gasteiger partial charge in [0.1, 0.15) is 0 Å². The zero-order valence-corrected chi connectivity index (χ0v) is 11.9. The maximum atomic E-state index is 11.6. The monoisotopic (exact) mass is 285 g/mol. The molecule has 0 saturated heterocycles. The van der Waals surface area contributed by atoms with E-state index in [0.29, 0.717) is 13.0 Å². The third-order valence-electron chi connectivity index (χ3n) is 2.91. The number of aliphatic hydroxyl groups is 1. The summed E-state index contributed by atoms with van der Waals surface area (Å²) in [6.45, 7) is 2.16. The number of nitrogens with zero attached hydrogens (tertiary/aromatic N) is 2. The third kappa shape index (κ3) is 4.89. The zero-order chi connectivity index (χ0) is 15.1. The average molecular weight is 285 g/mol. The largest absolute Gasteiger partial charge is 0.393 e. The molecule has 1 aromatic carbocycles. The Morgan fingerprint density at radius 3 is 2.90 bits per heavy atom. The van der Waals surface area contributed by atoms with E-state index in [4.69, 9.17) is 5.11 Å². The highest BCUT2D eigenvalue weighted by molar-refractivity contribution is 5.91. The fourth-order valence-electron chi connectivity index (χ4n) is 1.78. The molecule has 0 spiro atoms. The Morgan fingerprint density at radius 1 is 1.43 bits per heavy atom. The van der Waals surface area contributed by atoms with Crippen LogP contribution >= 0.6 is 0 Å². The van der Waals surface area contributed by atoms with Crippen LogP contribution in [0.5, 0.6) is 0 Å². The smallest absolute Gasteiger partial charge is 0.244 e. The second kappa shape index (κ2) is 7.40. The number of carbonyl (C=O) groups is 1. The maximum Gasteiger partial charge on any atom is 0.244 e. The summed E-state index contributed by atoms with van der Waals surface area (Å²) in [5, 5.41) is 16.1. The summed E-state index contributed by atoms with van der Waals surface area (Å²) in [4.78, 5) is 11.6. The molecule has 21 heavy (non-hydrogen) atoms. The lowest BCUT2D eigenvalue weighted by molar-refractivity contribution is -0.116. The van der Waals surface area contributed by atoms with E-state index in [9.17, 15) is 4.79 Å². The van der Waals surface area contributed by atoms with Crippen LogP contribution in [-0.2, 0) is 4.79 Å². The Hall–Kier alpha value is -2.40. The molecule has 0 aliphatic heterocycles. The van der Waals surface area contributed by atoms with Crippen molar-refractivity contribution in [2.45, 2.75) is 19.4 Å². The Morgan fingerprint density at radius 2 is 2.19 bits per heavy atom. The van der Waals surface area contributed by atoms with Gasteiger partial charge in [-0.15, -0.1) is 0 Å². The van der Waals surface area contributed by atoms with E-state index in [1.807, 2.05) is 36.5 Å². The lowest BCUT2D eigenvalue weighted by Gasteiger charge is -2.03. The molecule has 2 N–H and O–H groups in total. The molecule has 1 atom stereocenters. The quantitative estimate of drug-likeness (QED) is 0.795. The highest BCUT2D eigenvalue weighted by Gasteiger charge is 2.00. The fraction of sp³-hybridized carbons (Fsp3) is 0.250. The van der Waals surface area contributed by atoms with Gasteiger partial charge in [-0.3, -0.25) is 4.79 Å². The fourth-order valence-corrected chi connectivity index (χ4v) is 1.78. The van der Waals surface area contributed by atoms with Gasteiger partial charge in [0.15, 0.2) is 0 Å². The average Bonchev–Trinajstić information content (AvgIpc) is 2.94. The Bertz CT molecular complexity index is 603. The zero-order valence-electron chi connectivity index (χ0n) is 11.9. The number of aromatic nitrogens is 2. The molecule has 2 aromatic rings. The SMILES string of the molecule is CC(O)CCNC(=O)C=Cc1cnn(-c2ccccc2)c1. The summed E-state index contributed by atoms with van der Waals surface area (Å²) in [6.07, 6.45) is 6.88. The molecule has 2 rings (SSSR count). The summed E-state index contributed by atoms with van der Waals surface area (Å²) in [5.41, 5.74) is 1.82. The summed E-state index contributed by atoms with van der Waals surface area (Å²) in [5.74, 6) is -0.178. The van der Waals surface area contributed by atoms with Crippen molar-refractivity contribution in [3.8, 4) is 5.69 Å². The first-order valence-electron chi connectivity index (χ1n) is 6.89. The summed E-state index contributed by atoms with van der Waals surface area (Å²) >= 11 is 0. The van der Waals surface area contributed by atoms with Crippen LogP contribution in [0.25, 0.3) is 11.8 Å². The number of benzene rings is 1. The van der Waals surface area contributed by atoms with Crippen molar-refractivity contribution in [1.29, 1.82) is 0 Å². The van der Waals surface area contributed by atoms with Gasteiger partial charge in [-0.05, 0) is 31.6 Å². The number of amides is 1. The van der Waals surface area contributed by atoms with E-state index in [1.54, 1.807) is 23.9 Å².